The van der Waals surface area contributed by atoms with E-state index in [1.807, 2.05) is 12.3 Å². The number of rotatable bonds is 6. The quantitative estimate of drug-likeness (QED) is 0.781. The number of halogens is 1. The van der Waals surface area contributed by atoms with Crippen molar-refractivity contribution in [1.29, 1.82) is 0 Å². The van der Waals surface area contributed by atoms with Crippen LogP contribution in [0.3, 0.4) is 0 Å². The maximum atomic E-state index is 4.54. The van der Waals surface area contributed by atoms with Crippen LogP contribution in [0, 0.1) is 0 Å². The average Bonchev–Trinajstić information content (AvgIpc) is 2.87. The van der Waals surface area contributed by atoms with Gasteiger partial charge in [0.1, 0.15) is 21.3 Å². The molecule has 1 N–H and O–H groups in total. The molecule has 0 radical (unpaired) electrons. The van der Waals surface area contributed by atoms with Crippen molar-refractivity contribution in [1.82, 2.24) is 15.0 Å². The molecular weight excluding hydrogens is 336 g/mol. The highest BCUT2D eigenvalue weighted by atomic mass is 79.9. The number of anilines is 1. The van der Waals surface area contributed by atoms with Crippen LogP contribution in [0.1, 0.15) is 48.9 Å². The first-order valence-corrected chi connectivity index (χ1v) is 8.48. The molecule has 4 nitrogen and oxygen atoms in total. The Morgan fingerprint density at radius 2 is 2.15 bits per heavy atom. The minimum atomic E-state index is 0.150. The number of hydrogen-bond acceptors (Lipinski definition) is 5. The molecule has 1 unspecified atom stereocenters. The minimum absolute atomic E-state index is 0.150. The van der Waals surface area contributed by atoms with E-state index in [4.69, 9.17) is 0 Å². The predicted molar refractivity (Wildman–Crippen MR) is 87.3 cm³/mol. The molecule has 0 spiro atoms. The Balaban J connectivity index is 2.12. The first-order valence-electron chi connectivity index (χ1n) is 6.87. The molecule has 108 valence electrons. The SMILES string of the molecule is CCCc1nc(Br)cc(NC(C)c2ncc(CC)s2)n1. The Morgan fingerprint density at radius 3 is 2.80 bits per heavy atom. The van der Waals surface area contributed by atoms with Crippen LogP contribution in [-0.4, -0.2) is 15.0 Å². The van der Waals surface area contributed by atoms with Crippen molar-refractivity contribution in [2.75, 3.05) is 5.32 Å². The van der Waals surface area contributed by atoms with Gasteiger partial charge >= 0.3 is 0 Å². The molecule has 6 heteroatoms. The van der Waals surface area contributed by atoms with E-state index in [0.717, 1.165) is 40.5 Å². The van der Waals surface area contributed by atoms with Gasteiger partial charge in [0, 0.05) is 23.6 Å². The van der Waals surface area contributed by atoms with Crippen molar-refractivity contribution in [3.05, 3.63) is 32.6 Å². The Hall–Kier alpha value is -1.01. The summed E-state index contributed by atoms with van der Waals surface area (Å²) in [6, 6.07) is 2.06. The molecular formula is C14H19BrN4S. The van der Waals surface area contributed by atoms with Gasteiger partial charge in [-0.1, -0.05) is 13.8 Å². The Morgan fingerprint density at radius 1 is 1.35 bits per heavy atom. The summed E-state index contributed by atoms with van der Waals surface area (Å²) in [5, 5.41) is 4.49. The molecule has 0 fully saturated rings. The van der Waals surface area contributed by atoms with Gasteiger partial charge in [-0.2, -0.15) is 0 Å². The standard InChI is InChI=1S/C14H19BrN4S/c1-4-6-12-18-11(15)7-13(19-12)17-9(3)14-16-8-10(5-2)20-14/h7-9H,4-6H2,1-3H3,(H,17,18,19). The van der Waals surface area contributed by atoms with Crippen LogP contribution in [0.4, 0.5) is 5.82 Å². The molecule has 2 rings (SSSR count). The van der Waals surface area contributed by atoms with Crippen LogP contribution < -0.4 is 5.32 Å². The van der Waals surface area contributed by atoms with Crippen molar-refractivity contribution < 1.29 is 0 Å². The average molecular weight is 355 g/mol. The molecule has 0 aliphatic carbocycles. The number of nitrogens with zero attached hydrogens (tertiary/aromatic N) is 3. The van der Waals surface area contributed by atoms with Gasteiger partial charge in [-0.3, -0.25) is 0 Å². The molecule has 0 aliphatic rings. The summed E-state index contributed by atoms with van der Waals surface area (Å²) in [6.45, 7) is 6.38. The van der Waals surface area contributed by atoms with Crippen LogP contribution in [0.25, 0.3) is 0 Å². The van der Waals surface area contributed by atoms with Gasteiger partial charge in [-0.05, 0) is 35.7 Å². The van der Waals surface area contributed by atoms with E-state index in [0.29, 0.717) is 0 Å². The lowest BCUT2D eigenvalue weighted by molar-refractivity contribution is 0.811. The van der Waals surface area contributed by atoms with Gasteiger partial charge in [0.2, 0.25) is 0 Å². The first-order chi connectivity index (χ1) is 9.62. The fourth-order valence-corrected chi connectivity index (χ4v) is 3.12. The minimum Gasteiger partial charge on any atom is -0.361 e. The summed E-state index contributed by atoms with van der Waals surface area (Å²) < 4.78 is 0.819. The Labute approximate surface area is 132 Å². The third kappa shape index (κ3) is 3.99. The van der Waals surface area contributed by atoms with E-state index in [1.54, 1.807) is 11.3 Å². The van der Waals surface area contributed by atoms with E-state index in [2.05, 4.69) is 57.0 Å². The summed E-state index contributed by atoms with van der Waals surface area (Å²) in [4.78, 5) is 14.7. The van der Waals surface area contributed by atoms with Crippen molar-refractivity contribution in [3.8, 4) is 0 Å². The normalized spacial score (nSPS) is 12.4. The summed E-state index contributed by atoms with van der Waals surface area (Å²) >= 11 is 5.19. The summed E-state index contributed by atoms with van der Waals surface area (Å²) in [6.07, 6.45) is 4.91. The topological polar surface area (TPSA) is 50.7 Å². The second-order valence-corrected chi connectivity index (χ2v) is 6.59. The highest BCUT2D eigenvalue weighted by Crippen LogP contribution is 2.24. The zero-order chi connectivity index (χ0) is 14.5. The molecule has 1 atom stereocenters. The number of hydrogen-bond donors (Lipinski definition) is 1. The summed E-state index contributed by atoms with van der Waals surface area (Å²) in [5.41, 5.74) is 0. The molecule has 0 aliphatic heterocycles. The second kappa shape index (κ2) is 7.13. The molecule has 20 heavy (non-hydrogen) atoms. The maximum Gasteiger partial charge on any atom is 0.132 e. The molecule has 0 saturated carbocycles. The van der Waals surface area contributed by atoms with E-state index in [9.17, 15) is 0 Å². The van der Waals surface area contributed by atoms with Gasteiger partial charge < -0.3 is 5.32 Å². The predicted octanol–water partition coefficient (Wildman–Crippen LogP) is 4.38. The Bertz CT molecular complexity index is 570. The zero-order valence-corrected chi connectivity index (χ0v) is 14.4. The molecule has 2 heterocycles. The van der Waals surface area contributed by atoms with Gasteiger partial charge in [0.25, 0.3) is 0 Å². The first kappa shape index (κ1) is 15.4. The highest BCUT2D eigenvalue weighted by Gasteiger charge is 2.11. The second-order valence-electron chi connectivity index (χ2n) is 4.63. The lowest BCUT2D eigenvalue weighted by Crippen LogP contribution is -2.09. The van der Waals surface area contributed by atoms with E-state index < -0.39 is 0 Å². The summed E-state index contributed by atoms with van der Waals surface area (Å²) in [5.74, 6) is 1.71. The van der Waals surface area contributed by atoms with Crippen LogP contribution in [0.5, 0.6) is 0 Å². The number of thiazole rings is 1. The van der Waals surface area contributed by atoms with Crippen LogP contribution in [-0.2, 0) is 12.8 Å². The zero-order valence-electron chi connectivity index (χ0n) is 12.0. The lowest BCUT2D eigenvalue weighted by atomic mass is 10.3. The monoisotopic (exact) mass is 354 g/mol. The molecule has 0 aromatic carbocycles. The fraction of sp³-hybridized carbons (Fsp3) is 0.500. The summed E-state index contributed by atoms with van der Waals surface area (Å²) in [7, 11) is 0. The Kier molecular flexibility index (Phi) is 5.48. The molecule has 2 aromatic heterocycles. The van der Waals surface area contributed by atoms with Crippen LogP contribution >= 0.6 is 27.3 Å². The molecule has 0 bridgehead atoms. The fourth-order valence-electron chi connectivity index (χ4n) is 1.84. The molecule has 2 aromatic rings. The largest absolute Gasteiger partial charge is 0.361 e. The van der Waals surface area contributed by atoms with Gasteiger partial charge in [-0.25, -0.2) is 15.0 Å². The number of aryl methyl sites for hydroxylation is 2. The third-order valence-electron chi connectivity index (χ3n) is 2.87. The van der Waals surface area contributed by atoms with Crippen molar-refractivity contribution in [2.45, 2.75) is 46.1 Å². The van der Waals surface area contributed by atoms with Gasteiger partial charge in [0.05, 0.1) is 6.04 Å². The molecule has 0 saturated heterocycles. The van der Waals surface area contributed by atoms with Crippen LogP contribution in [0.2, 0.25) is 0 Å². The van der Waals surface area contributed by atoms with Gasteiger partial charge in [-0.15, -0.1) is 11.3 Å². The van der Waals surface area contributed by atoms with Crippen molar-refractivity contribution in [2.24, 2.45) is 0 Å². The van der Waals surface area contributed by atoms with E-state index in [-0.39, 0.29) is 6.04 Å². The van der Waals surface area contributed by atoms with Crippen molar-refractivity contribution >= 4 is 33.1 Å². The van der Waals surface area contributed by atoms with E-state index >= 15 is 0 Å². The van der Waals surface area contributed by atoms with E-state index in [1.165, 1.54) is 4.88 Å². The molecule has 0 amide bonds. The highest BCUT2D eigenvalue weighted by molar-refractivity contribution is 9.10. The number of nitrogens with one attached hydrogen (secondary N) is 1. The smallest absolute Gasteiger partial charge is 0.132 e. The lowest BCUT2D eigenvalue weighted by Gasteiger charge is -2.13. The third-order valence-corrected chi connectivity index (χ3v) is 4.60. The maximum absolute atomic E-state index is 4.54. The van der Waals surface area contributed by atoms with Crippen molar-refractivity contribution in [3.63, 3.8) is 0 Å². The number of aromatic nitrogens is 3. The van der Waals surface area contributed by atoms with Crippen LogP contribution in [0.15, 0.2) is 16.9 Å². The van der Waals surface area contributed by atoms with Gasteiger partial charge in [0.15, 0.2) is 0 Å².